The van der Waals surface area contributed by atoms with Gasteiger partial charge in [0.2, 0.25) is 0 Å². The number of piperazine rings is 1. The maximum absolute atomic E-state index is 12.7. The lowest BCUT2D eigenvalue weighted by Gasteiger charge is -2.34. The first-order chi connectivity index (χ1) is 14.3. The van der Waals surface area contributed by atoms with Crippen LogP contribution in [0.2, 0.25) is 0 Å². The van der Waals surface area contributed by atoms with Crippen molar-refractivity contribution in [3.05, 3.63) is 60.2 Å². The van der Waals surface area contributed by atoms with E-state index in [1.165, 1.54) is 4.90 Å². The van der Waals surface area contributed by atoms with Crippen LogP contribution in [0.15, 0.2) is 54.6 Å². The Morgan fingerprint density at radius 3 is 1.93 bits per heavy atom. The summed E-state index contributed by atoms with van der Waals surface area (Å²) in [5.41, 5.74) is 2.47. The van der Waals surface area contributed by atoms with Crippen LogP contribution >= 0.6 is 0 Å². The lowest BCUT2D eigenvalue weighted by atomic mass is 10.0. The van der Waals surface area contributed by atoms with E-state index in [2.05, 4.69) is 4.74 Å². The van der Waals surface area contributed by atoms with Gasteiger partial charge >= 0.3 is 12.3 Å². The molecule has 1 unspecified atom stereocenters. The van der Waals surface area contributed by atoms with E-state index in [-0.39, 0.29) is 32.1 Å². The summed E-state index contributed by atoms with van der Waals surface area (Å²) in [7, 11) is 0. The topological polar surface area (TPSA) is 66.9 Å². The SMILES string of the molecule is O=CC(OC(=O)N1CCN(C(=O)c2ccc(-c3ccccc3)cc2)CC1)C(F)(F)F. The van der Waals surface area contributed by atoms with Crippen molar-refractivity contribution < 1.29 is 32.3 Å². The molecule has 0 bridgehead atoms. The molecule has 1 fully saturated rings. The lowest BCUT2D eigenvalue weighted by Crippen LogP contribution is -2.52. The number of hydrogen-bond donors (Lipinski definition) is 0. The number of benzene rings is 2. The minimum atomic E-state index is -4.96. The fourth-order valence-electron chi connectivity index (χ4n) is 3.07. The number of carbonyl (C=O) groups excluding carboxylic acids is 3. The molecule has 1 atom stereocenters. The molecule has 1 aliphatic heterocycles. The molecule has 1 heterocycles. The molecule has 1 saturated heterocycles. The summed E-state index contributed by atoms with van der Waals surface area (Å²) in [5.74, 6) is -0.233. The minimum absolute atomic E-state index is 0.0100. The summed E-state index contributed by atoms with van der Waals surface area (Å²) in [5, 5.41) is 0. The monoisotopic (exact) mass is 420 g/mol. The molecule has 0 radical (unpaired) electrons. The Morgan fingerprint density at radius 1 is 0.867 bits per heavy atom. The quantitative estimate of drug-likeness (QED) is 0.712. The zero-order chi connectivity index (χ0) is 21.7. The largest absolute Gasteiger partial charge is 0.432 e. The van der Waals surface area contributed by atoms with Gasteiger partial charge in [-0.1, -0.05) is 42.5 Å². The van der Waals surface area contributed by atoms with Crippen molar-refractivity contribution in [2.45, 2.75) is 12.3 Å². The number of amides is 2. The Balaban J connectivity index is 1.56. The van der Waals surface area contributed by atoms with Gasteiger partial charge in [0, 0.05) is 31.7 Å². The van der Waals surface area contributed by atoms with E-state index in [9.17, 15) is 27.6 Å². The van der Waals surface area contributed by atoms with Crippen LogP contribution in [0.5, 0.6) is 0 Å². The summed E-state index contributed by atoms with van der Waals surface area (Å²) in [6, 6.07) is 16.8. The number of ether oxygens (including phenoxy) is 1. The number of nitrogens with zero attached hydrogens (tertiary/aromatic N) is 2. The maximum Gasteiger partial charge on any atom is 0.432 e. The molecule has 2 aromatic carbocycles. The number of carbonyl (C=O) groups is 3. The Bertz CT molecular complexity index is 893. The molecule has 30 heavy (non-hydrogen) atoms. The van der Waals surface area contributed by atoms with Crippen LogP contribution in [0, 0.1) is 0 Å². The molecule has 3 rings (SSSR count). The van der Waals surface area contributed by atoms with Gasteiger partial charge in [0.25, 0.3) is 12.0 Å². The van der Waals surface area contributed by atoms with Crippen molar-refractivity contribution in [2.75, 3.05) is 26.2 Å². The predicted octanol–water partition coefficient (Wildman–Crippen LogP) is 3.38. The summed E-state index contributed by atoms with van der Waals surface area (Å²) in [6.07, 6.45) is -9.45. The van der Waals surface area contributed by atoms with Crippen molar-refractivity contribution in [2.24, 2.45) is 0 Å². The van der Waals surface area contributed by atoms with Gasteiger partial charge in [-0.05, 0) is 23.3 Å². The van der Waals surface area contributed by atoms with Crippen molar-refractivity contribution in [3.8, 4) is 11.1 Å². The molecule has 0 aliphatic carbocycles. The first-order valence-corrected chi connectivity index (χ1v) is 9.22. The molecular formula is C21H19F3N2O4. The van der Waals surface area contributed by atoms with E-state index in [1.54, 1.807) is 12.1 Å². The first kappa shape index (κ1) is 21.4. The van der Waals surface area contributed by atoms with Crippen LogP contribution in [-0.2, 0) is 9.53 Å². The van der Waals surface area contributed by atoms with E-state index >= 15 is 0 Å². The second-order valence-corrected chi connectivity index (χ2v) is 6.70. The van der Waals surface area contributed by atoms with Crippen molar-refractivity contribution in [3.63, 3.8) is 0 Å². The average Bonchev–Trinajstić information content (AvgIpc) is 2.77. The third kappa shape index (κ3) is 4.97. The molecule has 6 nitrogen and oxygen atoms in total. The van der Waals surface area contributed by atoms with Crippen LogP contribution in [0.25, 0.3) is 11.1 Å². The smallest absolute Gasteiger partial charge is 0.429 e. The molecule has 2 amide bonds. The third-order valence-electron chi connectivity index (χ3n) is 4.74. The fourth-order valence-corrected chi connectivity index (χ4v) is 3.07. The van der Waals surface area contributed by atoms with Crippen molar-refractivity contribution in [1.82, 2.24) is 9.80 Å². The molecule has 1 aliphatic rings. The standard InChI is InChI=1S/C21H19F3N2O4/c22-21(23,24)18(14-27)30-20(29)26-12-10-25(11-13-26)19(28)17-8-6-16(7-9-17)15-4-2-1-3-5-15/h1-9,14,18H,10-13H2. The molecule has 0 saturated carbocycles. The minimum Gasteiger partial charge on any atom is -0.429 e. The van der Waals surface area contributed by atoms with E-state index in [1.807, 2.05) is 42.5 Å². The Morgan fingerprint density at radius 2 is 1.40 bits per heavy atom. The predicted molar refractivity (Wildman–Crippen MR) is 102 cm³/mol. The molecule has 9 heteroatoms. The number of rotatable bonds is 4. The Kier molecular flexibility index (Phi) is 6.39. The van der Waals surface area contributed by atoms with Gasteiger partial charge in [-0.25, -0.2) is 4.79 Å². The van der Waals surface area contributed by atoms with Gasteiger partial charge in [-0.2, -0.15) is 13.2 Å². The molecule has 2 aromatic rings. The molecule has 0 N–H and O–H groups in total. The first-order valence-electron chi connectivity index (χ1n) is 9.22. The highest BCUT2D eigenvalue weighted by Crippen LogP contribution is 2.23. The van der Waals surface area contributed by atoms with E-state index < -0.39 is 24.7 Å². The second kappa shape index (κ2) is 8.98. The molecular weight excluding hydrogens is 401 g/mol. The fraction of sp³-hybridized carbons (Fsp3) is 0.286. The van der Waals surface area contributed by atoms with Crippen molar-refractivity contribution in [1.29, 1.82) is 0 Å². The van der Waals surface area contributed by atoms with Crippen molar-refractivity contribution >= 4 is 18.3 Å². The summed E-state index contributed by atoms with van der Waals surface area (Å²) in [4.78, 5) is 37.6. The van der Waals surface area contributed by atoms with Crippen LogP contribution in [0.4, 0.5) is 18.0 Å². The molecule has 0 aromatic heterocycles. The normalized spacial score (nSPS) is 15.4. The molecule has 158 valence electrons. The van der Waals surface area contributed by atoms with Crippen LogP contribution in [-0.4, -0.2) is 66.5 Å². The Labute approximate surface area is 170 Å². The van der Waals surface area contributed by atoms with E-state index in [0.717, 1.165) is 16.0 Å². The maximum atomic E-state index is 12.7. The summed E-state index contributed by atoms with van der Waals surface area (Å²) >= 11 is 0. The summed E-state index contributed by atoms with van der Waals surface area (Å²) in [6.45, 7) is 0.310. The highest BCUT2D eigenvalue weighted by atomic mass is 19.4. The van der Waals surface area contributed by atoms with Gasteiger partial charge in [0.1, 0.15) is 0 Å². The van der Waals surface area contributed by atoms with Crippen LogP contribution < -0.4 is 0 Å². The highest BCUT2D eigenvalue weighted by Gasteiger charge is 2.43. The van der Waals surface area contributed by atoms with Crippen LogP contribution in [0.3, 0.4) is 0 Å². The summed E-state index contributed by atoms with van der Waals surface area (Å²) < 4.78 is 41.9. The number of hydrogen-bond acceptors (Lipinski definition) is 4. The van der Waals surface area contributed by atoms with Gasteiger partial charge in [-0.3, -0.25) is 9.59 Å². The van der Waals surface area contributed by atoms with Gasteiger partial charge in [0.05, 0.1) is 0 Å². The van der Waals surface area contributed by atoms with Gasteiger partial charge < -0.3 is 14.5 Å². The lowest BCUT2D eigenvalue weighted by molar-refractivity contribution is -0.199. The molecule has 0 spiro atoms. The Hall–Kier alpha value is -3.36. The van der Waals surface area contributed by atoms with E-state index in [4.69, 9.17) is 0 Å². The highest BCUT2D eigenvalue weighted by molar-refractivity contribution is 5.95. The number of halogens is 3. The second-order valence-electron chi connectivity index (χ2n) is 6.70. The van der Waals surface area contributed by atoms with Crippen LogP contribution in [0.1, 0.15) is 10.4 Å². The number of aldehydes is 1. The van der Waals surface area contributed by atoms with Gasteiger partial charge in [-0.15, -0.1) is 0 Å². The average molecular weight is 420 g/mol. The third-order valence-corrected chi connectivity index (χ3v) is 4.74. The zero-order valence-electron chi connectivity index (χ0n) is 15.8. The number of alkyl halides is 3. The zero-order valence-corrected chi connectivity index (χ0v) is 15.8. The van der Waals surface area contributed by atoms with Gasteiger partial charge in [0.15, 0.2) is 6.29 Å². The van der Waals surface area contributed by atoms with E-state index in [0.29, 0.717) is 5.56 Å².